The van der Waals surface area contributed by atoms with Crippen LogP contribution in [-0.2, 0) is 24.5 Å². The molecule has 2 aliphatic rings. The largest absolute Gasteiger partial charge is 0.482 e. The van der Waals surface area contributed by atoms with Crippen LogP contribution >= 0.6 is 0 Å². The Morgan fingerprint density at radius 3 is 2.40 bits per heavy atom. The van der Waals surface area contributed by atoms with Gasteiger partial charge in [-0.25, -0.2) is 4.79 Å². The number of allylic oxidation sites excluding steroid dienone is 1. The van der Waals surface area contributed by atoms with Gasteiger partial charge in [-0.15, -0.1) is 0 Å². The third-order valence-electron chi connectivity index (χ3n) is 6.70. The van der Waals surface area contributed by atoms with Crippen molar-refractivity contribution < 1.29 is 23.8 Å². The Hall–Kier alpha value is -2.34. The van der Waals surface area contributed by atoms with Crippen molar-refractivity contribution in [1.29, 1.82) is 0 Å². The lowest BCUT2D eigenvalue weighted by Crippen LogP contribution is -2.43. The fourth-order valence-corrected chi connectivity index (χ4v) is 5.32. The smallest absolute Gasteiger partial charge is 0.344 e. The van der Waals surface area contributed by atoms with Crippen molar-refractivity contribution in [2.75, 3.05) is 26.7 Å². The van der Waals surface area contributed by atoms with Gasteiger partial charge in [0.05, 0.1) is 6.54 Å². The average molecular weight is 486 g/mol. The molecule has 0 amide bonds. The van der Waals surface area contributed by atoms with Gasteiger partial charge in [0.1, 0.15) is 17.0 Å². The van der Waals surface area contributed by atoms with Crippen LogP contribution in [0.1, 0.15) is 84.8 Å². The Morgan fingerprint density at radius 1 is 1.03 bits per heavy atom. The van der Waals surface area contributed by atoms with Gasteiger partial charge in [-0.2, -0.15) is 0 Å². The summed E-state index contributed by atoms with van der Waals surface area (Å²) < 4.78 is 16.8. The third kappa shape index (κ3) is 7.57. The Morgan fingerprint density at radius 2 is 1.71 bits per heavy atom. The highest BCUT2D eigenvalue weighted by Crippen LogP contribution is 2.51. The van der Waals surface area contributed by atoms with Crippen molar-refractivity contribution in [3.63, 3.8) is 0 Å². The number of ether oxygens (including phenoxy) is 3. The number of carbonyl (C=O) groups excluding carboxylic acids is 2. The van der Waals surface area contributed by atoms with E-state index < -0.39 is 11.2 Å². The highest BCUT2D eigenvalue weighted by atomic mass is 16.6. The second-order valence-electron chi connectivity index (χ2n) is 12.1. The predicted octanol–water partition coefficient (Wildman–Crippen LogP) is 5.53. The monoisotopic (exact) mass is 485 g/mol. The molecule has 1 fully saturated rings. The topological polar surface area (TPSA) is 65.1 Å². The molecule has 0 unspecified atom stereocenters. The van der Waals surface area contributed by atoms with Crippen molar-refractivity contribution in [2.24, 2.45) is 5.92 Å². The van der Waals surface area contributed by atoms with Crippen molar-refractivity contribution in [2.45, 2.75) is 90.3 Å². The molecule has 2 aliphatic carbocycles. The lowest BCUT2D eigenvalue weighted by molar-refractivity contribution is -0.157. The van der Waals surface area contributed by atoms with Crippen LogP contribution in [0, 0.1) is 5.92 Å². The van der Waals surface area contributed by atoms with Gasteiger partial charge in [0.2, 0.25) is 0 Å². The van der Waals surface area contributed by atoms with Gasteiger partial charge < -0.3 is 14.2 Å². The van der Waals surface area contributed by atoms with E-state index in [0.717, 1.165) is 25.8 Å². The second kappa shape index (κ2) is 10.7. The maximum atomic E-state index is 12.3. The molecule has 35 heavy (non-hydrogen) atoms. The summed E-state index contributed by atoms with van der Waals surface area (Å²) in [5.41, 5.74) is 1.48. The number of likely N-dealkylation sites (N-methyl/N-ethyl adjacent to an activating group) is 1. The molecule has 0 saturated heterocycles. The van der Waals surface area contributed by atoms with Crippen LogP contribution in [0.25, 0.3) is 6.08 Å². The summed E-state index contributed by atoms with van der Waals surface area (Å²) in [6.45, 7) is 12.2. The fourth-order valence-electron chi connectivity index (χ4n) is 5.32. The van der Waals surface area contributed by atoms with Gasteiger partial charge >= 0.3 is 11.9 Å². The van der Waals surface area contributed by atoms with E-state index in [1.807, 2.05) is 54.7 Å². The number of fused-ring (bicyclic) bond motifs is 3. The number of hydrogen-bond acceptors (Lipinski definition) is 6. The molecule has 0 aromatic heterocycles. The zero-order valence-electron chi connectivity index (χ0n) is 22.6. The van der Waals surface area contributed by atoms with Crippen molar-refractivity contribution in [1.82, 2.24) is 4.90 Å². The van der Waals surface area contributed by atoms with Crippen LogP contribution in [0.3, 0.4) is 0 Å². The molecule has 6 nitrogen and oxygen atoms in total. The molecule has 0 aliphatic heterocycles. The fraction of sp³-hybridized carbons (Fsp3) is 0.655. The van der Waals surface area contributed by atoms with E-state index in [4.69, 9.17) is 14.2 Å². The predicted molar refractivity (Wildman–Crippen MR) is 138 cm³/mol. The van der Waals surface area contributed by atoms with E-state index in [-0.39, 0.29) is 30.5 Å². The van der Waals surface area contributed by atoms with Crippen LogP contribution in [0.15, 0.2) is 24.3 Å². The summed E-state index contributed by atoms with van der Waals surface area (Å²) in [5, 5.41) is 0. The maximum absolute atomic E-state index is 12.3. The van der Waals surface area contributed by atoms with E-state index in [9.17, 15) is 9.59 Å². The Labute approximate surface area is 211 Å². The summed E-state index contributed by atoms with van der Waals surface area (Å²) >= 11 is 0. The van der Waals surface area contributed by atoms with Crippen LogP contribution in [0.2, 0.25) is 0 Å². The minimum atomic E-state index is -0.536. The van der Waals surface area contributed by atoms with Gasteiger partial charge in [-0.05, 0) is 104 Å². The Balaban J connectivity index is 1.75. The number of esters is 2. The number of nitrogens with zero attached hydrogens (tertiary/aromatic N) is 1. The highest BCUT2D eigenvalue weighted by Gasteiger charge is 2.43. The molecule has 3 rings (SSSR count). The Kier molecular flexibility index (Phi) is 8.36. The molecular weight excluding hydrogens is 442 g/mol. The molecule has 1 saturated carbocycles. The molecule has 194 valence electrons. The van der Waals surface area contributed by atoms with Crippen LogP contribution in [0.4, 0.5) is 0 Å². The number of rotatable bonds is 8. The summed E-state index contributed by atoms with van der Waals surface area (Å²) in [7, 11) is 1.98. The first-order chi connectivity index (χ1) is 16.3. The first-order valence-corrected chi connectivity index (χ1v) is 12.9. The molecule has 0 heterocycles. The molecule has 6 heteroatoms. The minimum Gasteiger partial charge on any atom is -0.482 e. The highest BCUT2D eigenvalue weighted by molar-refractivity contribution is 5.72. The lowest BCUT2D eigenvalue weighted by Gasteiger charge is -2.47. The van der Waals surface area contributed by atoms with Crippen LogP contribution in [0.5, 0.6) is 5.75 Å². The van der Waals surface area contributed by atoms with Gasteiger partial charge in [0, 0.05) is 5.41 Å². The van der Waals surface area contributed by atoms with E-state index in [1.165, 1.54) is 24.0 Å². The first-order valence-electron chi connectivity index (χ1n) is 12.9. The quantitative estimate of drug-likeness (QED) is 0.452. The molecule has 0 N–H and O–H groups in total. The van der Waals surface area contributed by atoms with Gasteiger partial charge in [0.15, 0.2) is 6.61 Å². The minimum absolute atomic E-state index is 0.00415. The molecule has 0 bridgehead atoms. The van der Waals surface area contributed by atoms with Crippen LogP contribution in [-0.4, -0.2) is 54.8 Å². The molecule has 0 spiro atoms. The maximum Gasteiger partial charge on any atom is 0.344 e. The van der Waals surface area contributed by atoms with Gasteiger partial charge in [0.25, 0.3) is 0 Å². The summed E-state index contributed by atoms with van der Waals surface area (Å²) in [4.78, 5) is 26.6. The second-order valence-corrected chi connectivity index (χ2v) is 12.1. The Bertz CT molecular complexity index is 939. The van der Waals surface area contributed by atoms with Crippen molar-refractivity contribution >= 4 is 18.0 Å². The SMILES string of the molecule is CN(CC[C@]12CCCC[C@H]1C=Cc1ccc(OCC(=O)OC(C)(C)C)cc12)CC(=O)OC(C)(C)C. The molecule has 0 radical (unpaired) electrons. The molecular formula is C29H43NO5. The van der Waals surface area contributed by atoms with Crippen molar-refractivity contribution in [3.8, 4) is 5.75 Å². The number of hydrogen-bond donors (Lipinski definition) is 0. The molecule has 1 aromatic rings. The summed E-state index contributed by atoms with van der Waals surface area (Å²) in [6, 6.07) is 6.14. The molecule has 1 aromatic carbocycles. The summed E-state index contributed by atoms with van der Waals surface area (Å²) in [5.74, 6) is 0.583. The molecule has 2 atom stereocenters. The summed E-state index contributed by atoms with van der Waals surface area (Å²) in [6.07, 6.45) is 10.2. The number of benzene rings is 1. The van der Waals surface area contributed by atoms with E-state index in [1.54, 1.807) is 0 Å². The first kappa shape index (κ1) is 27.3. The number of carbonyl (C=O) groups is 2. The van der Waals surface area contributed by atoms with Gasteiger partial charge in [-0.3, -0.25) is 9.69 Å². The zero-order chi connectivity index (χ0) is 25.9. The van der Waals surface area contributed by atoms with Crippen molar-refractivity contribution in [3.05, 3.63) is 35.4 Å². The van der Waals surface area contributed by atoms with E-state index in [0.29, 0.717) is 11.7 Å². The van der Waals surface area contributed by atoms with E-state index >= 15 is 0 Å². The van der Waals surface area contributed by atoms with Gasteiger partial charge in [-0.1, -0.05) is 31.1 Å². The van der Waals surface area contributed by atoms with E-state index in [2.05, 4.69) is 29.2 Å². The average Bonchev–Trinajstić information content (AvgIpc) is 2.73. The third-order valence-corrected chi connectivity index (χ3v) is 6.70. The zero-order valence-corrected chi connectivity index (χ0v) is 22.6. The lowest BCUT2D eigenvalue weighted by atomic mass is 9.58. The standard InChI is InChI=1S/C29H43NO5/c1-27(2,3)34-25(31)19-30(7)17-16-29-15-9-8-10-22(29)13-11-21-12-14-23(18-24(21)29)33-20-26(32)35-28(4,5)6/h11-14,18,22H,8-10,15-17,19-20H2,1-7H3/t22-,29+/m0/s1. The van der Waals surface area contributed by atoms with Crippen LogP contribution < -0.4 is 4.74 Å². The normalized spacial score (nSPS) is 21.8.